The molecule has 9 aromatic rings. The number of para-hydroxylation sites is 1. The highest BCUT2D eigenvalue weighted by atomic mass is 16.3. The number of aromatic nitrogens is 4. The molecule has 0 amide bonds. The van der Waals surface area contributed by atoms with Crippen molar-refractivity contribution in [3.8, 4) is 56.4 Å². The smallest absolute Gasteiger partial charge is 0.164 e. The summed E-state index contributed by atoms with van der Waals surface area (Å²) in [6.07, 6.45) is 3.72. The molecular weight excluding hydrogens is 576 g/mol. The van der Waals surface area contributed by atoms with Gasteiger partial charge in [0.25, 0.3) is 0 Å². The van der Waals surface area contributed by atoms with Gasteiger partial charge in [0.1, 0.15) is 5.58 Å². The minimum Gasteiger partial charge on any atom is -0.454 e. The van der Waals surface area contributed by atoms with Gasteiger partial charge in [0.15, 0.2) is 23.1 Å². The second kappa shape index (κ2) is 11.2. The van der Waals surface area contributed by atoms with E-state index in [0.29, 0.717) is 17.5 Å². The zero-order valence-electron chi connectivity index (χ0n) is 25.2. The van der Waals surface area contributed by atoms with E-state index in [1.807, 2.05) is 60.8 Å². The molecule has 5 nitrogen and oxygen atoms in total. The third-order valence-electron chi connectivity index (χ3n) is 8.66. The van der Waals surface area contributed by atoms with Crippen LogP contribution in [0.25, 0.3) is 89.1 Å². The lowest BCUT2D eigenvalue weighted by Crippen LogP contribution is -2.01. The summed E-state index contributed by atoms with van der Waals surface area (Å²) in [5, 5.41) is 4.26. The van der Waals surface area contributed by atoms with E-state index in [0.717, 1.165) is 66.1 Å². The van der Waals surface area contributed by atoms with E-state index in [9.17, 15) is 0 Å². The fourth-order valence-electron chi connectivity index (χ4n) is 6.39. The first-order valence-electron chi connectivity index (χ1n) is 15.6. The first-order chi connectivity index (χ1) is 23.3. The van der Waals surface area contributed by atoms with Crippen molar-refractivity contribution in [1.29, 1.82) is 0 Å². The normalized spacial score (nSPS) is 11.4. The molecular formula is C42H26N4O. The van der Waals surface area contributed by atoms with E-state index in [-0.39, 0.29) is 0 Å². The monoisotopic (exact) mass is 602 g/mol. The summed E-state index contributed by atoms with van der Waals surface area (Å²) in [6, 6.07) is 49.7. The summed E-state index contributed by atoms with van der Waals surface area (Å²) in [5.74, 6) is 1.87. The van der Waals surface area contributed by atoms with E-state index >= 15 is 0 Å². The molecule has 6 aromatic carbocycles. The third kappa shape index (κ3) is 4.73. The number of hydrogen-bond donors (Lipinski definition) is 0. The van der Waals surface area contributed by atoms with Gasteiger partial charge in [-0.15, -0.1) is 0 Å². The molecule has 0 radical (unpaired) electrons. The molecule has 220 valence electrons. The van der Waals surface area contributed by atoms with Gasteiger partial charge in [-0.2, -0.15) is 0 Å². The molecule has 0 spiro atoms. The topological polar surface area (TPSA) is 64.7 Å². The SMILES string of the molecule is c1ccc(-c2ccc(-c3nc(-c4ccccc4)nc(-c4ccc(-c5cncc6oc7ccccc7c56)c5ccccc45)n3)cc2)cc1. The molecule has 9 rings (SSSR count). The van der Waals surface area contributed by atoms with E-state index in [2.05, 4.69) is 96.0 Å². The molecule has 0 bridgehead atoms. The van der Waals surface area contributed by atoms with Crippen LogP contribution in [0.15, 0.2) is 162 Å². The van der Waals surface area contributed by atoms with Gasteiger partial charge < -0.3 is 4.42 Å². The van der Waals surface area contributed by atoms with E-state index in [4.69, 9.17) is 19.4 Å². The first kappa shape index (κ1) is 26.9. The lowest BCUT2D eigenvalue weighted by molar-refractivity contribution is 0.667. The van der Waals surface area contributed by atoms with Crippen LogP contribution in [0.3, 0.4) is 0 Å². The third-order valence-corrected chi connectivity index (χ3v) is 8.66. The maximum Gasteiger partial charge on any atom is 0.164 e. The highest BCUT2D eigenvalue weighted by Gasteiger charge is 2.19. The predicted molar refractivity (Wildman–Crippen MR) is 190 cm³/mol. The number of rotatable bonds is 5. The molecule has 0 saturated carbocycles. The van der Waals surface area contributed by atoms with E-state index < -0.39 is 0 Å². The average Bonchev–Trinajstić information content (AvgIpc) is 3.54. The van der Waals surface area contributed by atoms with Gasteiger partial charge in [-0.25, -0.2) is 15.0 Å². The molecule has 0 aliphatic carbocycles. The predicted octanol–water partition coefficient (Wildman–Crippen LogP) is 10.7. The quantitative estimate of drug-likeness (QED) is 0.196. The maximum absolute atomic E-state index is 6.17. The van der Waals surface area contributed by atoms with Crippen LogP contribution in [0.1, 0.15) is 0 Å². The maximum atomic E-state index is 6.17. The highest BCUT2D eigenvalue weighted by Crippen LogP contribution is 2.41. The van der Waals surface area contributed by atoms with Crippen molar-refractivity contribution in [2.24, 2.45) is 0 Å². The van der Waals surface area contributed by atoms with Gasteiger partial charge in [0, 0.05) is 39.2 Å². The Labute approximate surface area is 270 Å². The van der Waals surface area contributed by atoms with Gasteiger partial charge in [0.2, 0.25) is 0 Å². The lowest BCUT2D eigenvalue weighted by Gasteiger charge is -2.13. The molecule has 0 atom stereocenters. The Morgan fingerprint density at radius 3 is 1.57 bits per heavy atom. The van der Waals surface area contributed by atoms with Crippen LogP contribution in [0.4, 0.5) is 0 Å². The lowest BCUT2D eigenvalue weighted by atomic mass is 9.93. The van der Waals surface area contributed by atoms with Crippen LogP contribution in [0, 0.1) is 0 Å². The molecule has 5 heteroatoms. The number of pyridine rings is 1. The molecule has 0 N–H and O–H groups in total. The Kier molecular flexibility index (Phi) is 6.39. The number of hydrogen-bond acceptors (Lipinski definition) is 5. The van der Waals surface area contributed by atoms with Crippen LogP contribution >= 0.6 is 0 Å². The van der Waals surface area contributed by atoms with Crippen molar-refractivity contribution in [3.63, 3.8) is 0 Å². The number of furan rings is 1. The first-order valence-corrected chi connectivity index (χ1v) is 15.6. The molecule has 0 saturated heterocycles. The summed E-state index contributed by atoms with van der Waals surface area (Å²) >= 11 is 0. The minimum atomic E-state index is 0.619. The molecule has 0 aliphatic heterocycles. The van der Waals surface area contributed by atoms with Crippen LogP contribution in [-0.4, -0.2) is 19.9 Å². The molecule has 3 heterocycles. The van der Waals surface area contributed by atoms with Crippen molar-refractivity contribution in [2.75, 3.05) is 0 Å². The Balaban J connectivity index is 1.23. The van der Waals surface area contributed by atoms with Crippen molar-refractivity contribution < 1.29 is 4.42 Å². The Morgan fingerprint density at radius 2 is 0.851 bits per heavy atom. The molecule has 3 aromatic heterocycles. The highest BCUT2D eigenvalue weighted by molar-refractivity contribution is 6.16. The van der Waals surface area contributed by atoms with Crippen molar-refractivity contribution in [1.82, 2.24) is 19.9 Å². The summed E-state index contributed by atoms with van der Waals surface area (Å²) in [4.78, 5) is 19.7. The second-order valence-electron chi connectivity index (χ2n) is 11.5. The van der Waals surface area contributed by atoms with Gasteiger partial charge in [0.05, 0.1) is 6.20 Å². The summed E-state index contributed by atoms with van der Waals surface area (Å²) in [7, 11) is 0. The second-order valence-corrected chi connectivity index (χ2v) is 11.5. The molecule has 0 fully saturated rings. The fraction of sp³-hybridized carbons (Fsp3) is 0. The fourth-order valence-corrected chi connectivity index (χ4v) is 6.39. The van der Waals surface area contributed by atoms with Crippen LogP contribution in [-0.2, 0) is 0 Å². The van der Waals surface area contributed by atoms with E-state index in [1.165, 1.54) is 5.56 Å². The van der Waals surface area contributed by atoms with Crippen molar-refractivity contribution in [2.45, 2.75) is 0 Å². The Morgan fingerprint density at radius 1 is 0.340 bits per heavy atom. The van der Waals surface area contributed by atoms with Crippen molar-refractivity contribution >= 4 is 32.7 Å². The summed E-state index contributed by atoms with van der Waals surface area (Å²) < 4.78 is 6.17. The van der Waals surface area contributed by atoms with Gasteiger partial charge >= 0.3 is 0 Å². The zero-order valence-corrected chi connectivity index (χ0v) is 25.2. The largest absolute Gasteiger partial charge is 0.454 e. The van der Waals surface area contributed by atoms with Crippen molar-refractivity contribution in [3.05, 3.63) is 158 Å². The van der Waals surface area contributed by atoms with Gasteiger partial charge in [-0.3, -0.25) is 4.98 Å². The molecule has 47 heavy (non-hydrogen) atoms. The van der Waals surface area contributed by atoms with Crippen LogP contribution in [0.2, 0.25) is 0 Å². The van der Waals surface area contributed by atoms with Gasteiger partial charge in [-0.05, 0) is 39.6 Å². The van der Waals surface area contributed by atoms with Gasteiger partial charge in [-0.1, -0.05) is 133 Å². The average molecular weight is 603 g/mol. The minimum absolute atomic E-state index is 0.619. The van der Waals surface area contributed by atoms with E-state index in [1.54, 1.807) is 6.20 Å². The summed E-state index contributed by atoms with van der Waals surface area (Å²) in [6.45, 7) is 0. The van der Waals surface area contributed by atoms with Crippen LogP contribution < -0.4 is 0 Å². The number of fused-ring (bicyclic) bond motifs is 4. The zero-order chi connectivity index (χ0) is 31.2. The Hall–Kier alpha value is -6.46. The Bertz CT molecular complexity index is 2560. The molecule has 0 unspecified atom stereocenters. The summed E-state index contributed by atoms with van der Waals surface area (Å²) in [5.41, 5.74) is 8.82. The number of benzene rings is 6. The number of nitrogens with zero attached hydrogens (tertiary/aromatic N) is 4. The standard InChI is InChI=1S/C42H26N4O/c1-3-11-27(12-4-1)28-19-21-30(22-20-28)41-44-40(29-13-5-2-6-14-29)45-42(46-41)34-24-23-33(31-15-7-8-16-32(31)34)36-25-43-26-38-39(36)35-17-9-10-18-37(35)47-38/h1-26H. The van der Waals surface area contributed by atoms with Crippen LogP contribution in [0.5, 0.6) is 0 Å². The molecule has 0 aliphatic rings.